The molecule has 0 radical (unpaired) electrons. The van der Waals surface area contributed by atoms with E-state index in [4.69, 9.17) is 10.00 Å². The first-order valence-corrected chi connectivity index (χ1v) is 7.21. The lowest BCUT2D eigenvalue weighted by molar-refractivity contribution is -0.0328. The minimum absolute atomic E-state index is 0.0625. The van der Waals surface area contributed by atoms with Crippen LogP contribution in [-0.2, 0) is 0 Å². The summed E-state index contributed by atoms with van der Waals surface area (Å²) in [5.74, 6) is 0.808. The van der Waals surface area contributed by atoms with Crippen molar-refractivity contribution in [2.75, 3.05) is 0 Å². The maximum atomic E-state index is 12.3. The van der Waals surface area contributed by atoms with E-state index in [2.05, 4.69) is 15.9 Å². The van der Waals surface area contributed by atoms with E-state index in [1.807, 2.05) is 6.07 Å². The summed E-state index contributed by atoms with van der Waals surface area (Å²) in [6.45, 7) is 0. The van der Waals surface area contributed by atoms with Crippen molar-refractivity contribution in [3.05, 3.63) is 52.5 Å². The number of nitrogens with zero attached hydrogens (tertiary/aromatic N) is 1. The highest BCUT2D eigenvalue weighted by atomic mass is 79.9. The quantitative estimate of drug-likeness (QED) is 0.644. The maximum absolute atomic E-state index is 12.3. The highest BCUT2D eigenvalue weighted by Gasteiger charge is 2.29. The molecule has 0 fully saturated rings. The molecule has 2 aromatic rings. The first-order valence-electron chi connectivity index (χ1n) is 5.61. The summed E-state index contributed by atoms with van der Waals surface area (Å²) in [6.07, 6.45) is 0. The summed E-state index contributed by atoms with van der Waals surface area (Å²) in [4.78, 5) is 0.0625. The number of alkyl halides is 3. The van der Waals surface area contributed by atoms with Crippen LogP contribution in [0.5, 0.6) is 11.5 Å². The molecule has 2 rings (SSSR count). The average molecular weight is 374 g/mol. The summed E-state index contributed by atoms with van der Waals surface area (Å²) in [6, 6.07) is 12.6. The van der Waals surface area contributed by atoms with Gasteiger partial charge >= 0.3 is 5.51 Å². The van der Waals surface area contributed by atoms with Crippen LogP contribution in [0.1, 0.15) is 5.56 Å². The summed E-state index contributed by atoms with van der Waals surface area (Å²) in [7, 11) is 0. The number of thioether (sulfide) groups is 1. The highest BCUT2D eigenvalue weighted by molar-refractivity contribution is 9.10. The Bertz CT molecular complexity index is 697. The van der Waals surface area contributed by atoms with Gasteiger partial charge in [-0.05, 0) is 64.1 Å². The van der Waals surface area contributed by atoms with Crippen molar-refractivity contribution in [3.63, 3.8) is 0 Å². The number of rotatable bonds is 3. The zero-order valence-corrected chi connectivity index (χ0v) is 12.7. The van der Waals surface area contributed by atoms with Crippen LogP contribution in [0.15, 0.2) is 51.8 Å². The molecule has 0 amide bonds. The van der Waals surface area contributed by atoms with E-state index >= 15 is 0 Å². The van der Waals surface area contributed by atoms with Gasteiger partial charge in [-0.25, -0.2) is 0 Å². The Balaban J connectivity index is 2.19. The predicted octanol–water partition coefficient (Wildman–Crippen LogP) is 5.72. The molecule has 21 heavy (non-hydrogen) atoms. The molecule has 0 bridgehead atoms. The monoisotopic (exact) mass is 373 g/mol. The second kappa shape index (κ2) is 6.41. The molecule has 0 aromatic heterocycles. The minimum atomic E-state index is -4.33. The topological polar surface area (TPSA) is 33.0 Å². The molecule has 0 saturated carbocycles. The van der Waals surface area contributed by atoms with Crippen molar-refractivity contribution in [1.29, 1.82) is 5.26 Å². The smallest absolute Gasteiger partial charge is 0.446 e. The number of hydrogen-bond acceptors (Lipinski definition) is 3. The van der Waals surface area contributed by atoms with Crippen molar-refractivity contribution >= 4 is 27.7 Å². The van der Waals surface area contributed by atoms with Crippen LogP contribution >= 0.6 is 27.7 Å². The molecule has 0 atom stereocenters. The SMILES string of the molecule is N#Cc1cccc(Oc2ccc(SC(F)(F)F)cc2Br)c1. The third kappa shape index (κ3) is 4.69. The van der Waals surface area contributed by atoms with Crippen LogP contribution in [0, 0.1) is 11.3 Å². The van der Waals surface area contributed by atoms with Crippen LogP contribution in [0.25, 0.3) is 0 Å². The number of ether oxygens (including phenoxy) is 1. The molecule has 2 nitrogen and oxygen atoms in total. The molecule has 0 unspecified atom stereocenters. The fourth-order valence-electron chi connectivity index (χ4n) is 1.52. The zero-order chi connectivity index (χ0) is 15.5. The second-order valence-electron chi connectivity index (χ2n) is 3.88. The third-order valence-electron chi connectivity index (χ3n) is 2.33. The molecule has 7 heteroatoms. The standard InChI is InChI=1S/C14H7BrF3NOS/c15-12-7-11(21-14(16,17)18)4-5-13(12)20-10-3-1-2-9(6-10)8-19/h1-7H. The molecule has 0 aliphatic rings. The summed E-state index contributed by atoms with van der Waals surface area (Å²) >= 11 is 2.98. The van der Waals surface area contributed by atoms with E-state index in [1.165, 1.54) is 18.2 Å². The Morgan fingerprint density at radius 1 is 1.14 bits per heavy atom. The molecule has 0 heterocycles. The van der Waals surface area contributed by atoms with Crippen molar-refractivity contribution in [3.8, 4) is 17.6 Å². The lowest BCUT2D eigenvalue weighted by Gasteiger charge is -2.10. The molecule has 0 N–H and O–H groups in total. The lowest BCUT2D eigenvalue weighted by Crippen LogP contribution is -1.99. The van der Waals surface area contributed by atoms with Crippen LogP contribution in [0.4, 0.5) is 13.2 Å². The summed E-state index contributed by atoms with van der Waals surface area (Å²) in [5.41, 5.74) is -3.89. The molecular formula is C14H7BrF3NOS. The third-order valence-corrected chi connectivity index (χ3v) is 3.67. The van der Waals surface area contributed by atoms with Gasteiger partial charge in [-0.1, -0.05) is 6.07 Å². The van der Waals surface area contributed by atoms with E-state index in [-0.39, 0.29) is 16.7 Å². The first-order chi connectivity index (χ1) is 9.87. The van der Waals surface area contributed by atoms with Crippen LogP contribution in [0.2, 0.25) is 0 Å². The van der Waals surface area contributed by atoms with Gasteiger partial charge in [0, 0.05) is 4.90 Å². The van der Waals surface area contributed by atoms with E-state index < -0.39 is 5.51 Å². The van der Waals surface area contributed by atoms with Crippen LogP contribution in [-0.4, -0.2) is 5.51 Å². The summed E-state index contributed by atoms with van der Waals surface area (Å²) < 4.78 is 42.8. The zero-order valence-electron chi connectivity index (χ0n) is 10.3. The van der Waals surface area contributed by atoms with Crippen molar-refractivity contribution in [2.24, 2.45) is 0 Å². The van der Waals surface area contributed by atoms with Crippen molar-refractivity contribution in [2.45, 2.75) is 10.4 Å². The van der Waals surface area contributed by atoms with Gasteiger partial charge in [0.2, 0.25) is 0 Å². The Morgan fingerprint density at radius 3 is 2.52 bits per heavy atom. The Hall–Kier alpha value is -1.65. The molecule has 108 valence electrons. The van der Waals surface area contributed by atoms with Gasteiger partial charge in [-0.15, -0.1) is 0 Å². The van der Waals surface area contributed by atoms with E-state index in [9.17, 15) is 13.2 Å². The normalized spacial score (nSPS) is 11.0. The second-order valence-corrected chi connectivity index (χ2v) is 5.87. The summed E-state index contributed by atoms with van der Waals surface area (Å²) in [5, 5.41) is 8.80. The van der Waals surface area contributed by atoms with E-state index in [0.29, 0.717) is 21.5 Å². The number of halogens is 4. The highest BCUT2D eigenvalue weighted by Crippen LogP contribution is 2.40. The number of hydrogen-bond donors (Lipinski definition) is 0. The van der Waals surface area contributed by atoms with Crippen molar-refractivity contribution < 1.29 is 17.9 Å². The Kier molecular flexibility index (Phi) is 4.80. The molecule has 0 aliphatic carbocycles. The maximum Gasteiger partial charge on any atom is 0.446 e. The lowest BCUT2D eigenvalue weighted by atomic mass is 10.2. The van der Waals surface area contributed by atoms with Crippen molar-refractivity contribution in [1.82, 2.24) is 0 Å². The Morgan fingerprint density at radius 2 is 1.90 bits per heavy atom. The fraction of sp³-hybridized carbons (Fsp3) is 0.0714. The van der Waals surface area contributed by atoms with Gasteiger partial charge < -0.3 is 4.74 Å². The van der Waals surface area contributed by atoms with Gasteiger partial charge in [-0.3, -0.25) is 0 Å². The van der Waals surface area contributed by atoms with Gasteiger partial charge in [-0.2, -0.15) is 18.4 Å². The van der Waals surface area contributed by atoms with Gasteiger partial charge in [0.1, 0.15) is 11.5 Å². The van der Waals surface area contributed by atoms with Gasteiger partial charge in [0.25, 0.3) is 0 Å². The Labute approximate surface area is 131 Å². The molecular weight excluding hydrogens is 367 g/mol. The first kappa shape index (κ1) is 15.7. The van der Waals surface area contributed by atoms with E-state index in [0.717, 1.165) is 0 Å². The number of benzene rings is 2. The van der Waals surface area contributed by atoms with Crippen LogP contribution in [0.3, 0.4) is 0 Å². The fourth-order valence-corrected chi connectivity index (χ4v) is 2.71. The molecule has 0 spiro atoms. The average Bonchev–Trinajstić information content (AvgIpc) is 2.40. The minimum Gasteiger partial charge on any atom is -0.456 e. The van der Waals surface area contributed by atoms with E-state index in [1.54, 1.807) is 24.3 Å². The molecule has 2 aromatic carbocycles. The van der Waals surface area contributed by atoms with Gasteiger partial charge in [0.05, 0.1) is 16.1 Å². The van der Waals surface area contributed by atoms with Crippen LogP contribution < -0.4 is 4.74 Å². The number of nitriles is 1. The molecule has 0 saturated heterocycles. The van der Waals surface area contributed by atoms with Gasteiger partial charge in [0.15, 0.2) is 0 Å². The largest absolute Gasteiger partial charge is 0.456 e. The predicted molar refractivity (Wildman–Crippen MR) is 77.3 cm³/mol. The molecule has 0 aliphatic heterocycles.